The molecule has 0 amide bonds. The largest absolute Gasteiger partial charge is 0.416 e. The summed E-state index contributed by atoms with van der Waals surface area (Å²) in [5.74, 6) is -0.240. The van der Waals surface area contributed by atoms with Gasteiger partial charge in [-0.3, -0.25) is 0 Å². The molecule has 0 aliphatic heterocycles. The van der Waals surface area contributed by atoms with Gasteiger partial charge in [0.1, 0.15) is 0 Å². The van der Waals surface area contributed by atoms with Crippen LogP contribution in [0.25, 0.3) is 0 Å². The van der Waals surface area contributed by atoms with Gasteiger partial charge in [0.15, 0.2) is 0 Å². The van der Waals surface area contributed by atoms with Gasteiger partial charge in [0, 0.05) is 17.0 Å². The van der Waals surface area contributed by atoms with Gasteiger partial charge >= 0.3 is 6.18 Å². The van der Waals surface area contributed by atoms with Crippen LogP contribution in [0.1, 0.15) is 23.5 Å². The second-order valence-electron chi connectivity index (χ2n) is 3.70. The van der Waals surface area contributed by atoms with E-state index in [1.807, 2.05) is 0 Å². The lowest BCUT2D eigenvalue weighted by Crippen LogP contribution is -2.11. The Bertz CT molecular complexity index is 389. The summed E-state index contributed by atoms with van der Waals surface area (Å²) in [5.41, 5.74) is 5.05. The van der Waals surface area contributed by atoms with Gasteiger partial charge in [0.2, 0.25) is 0 Å². The van der Waals surface area contributed by atoms with E-state index in [1.54, 1.807) is 0 Å². The molecule has 2 N–H and O–H groups in total. The summed E-state index contributed by atoms with van der Waals surface area (Å²) in [6.45, 7) is 0. The Labute approximate surface area is 90.0 Å². The number of halogens is 4. The number of hydrogen-bond donors (Lipinski definition) is 1. The van der Waals surface area contributed by atoms with Crippen LogP contribution in [0.15, 0.2) is 18.2 Å². The molecule has 2 unspecified atom stereocenters. The Morgan fingerprint density at radius 3 is 2.40 bits per heavy atom. The highest BCUT2D eigenvalue weighted by atomic mass is 35.5. The summed E-state index contributed by atoms with van der Waals surface area (Å²) >= 11 is 5.78. The maximum atomic E-state index is 12.6. The maximum Gasteiger partial charge on any atom is 0.416 e. The molecule has 0 spiro atoms. The van der Waals surface area contributed by atoms with Gasteiger partial charge in [0.25, 0.3) is 0 Å². The Kier molecular flexibility index (Phi) is 2.43. The average molecular weight is 236 g/mol. The van der Waals surface area contributed by atoms with Crippen LogP contribution in [0.3, 0.4) is 0 Å². The first-order chi connectivity index (χ1) is 6.91. The number of alkyl halides is 3. The Hall–Kier alpha value is -0.740. The zero-order valence-corrected chi connectivity index (χ0v) is 8.44. The number of hydrogen-bond acceptors (Lipinski definition) is 1. The zero-order chi connectivity index (χ0) is 11.2. The summed E-state index contributed by atoms with van der Waals surface area (Å²) in [7, 11) is 0. The second kappa shape index (κ2) is 3.39. The molecule has 0 saturated heterocycles. The van der Waals surface area contributed by atoms with Crippen molar-refractivity contribution < 1.29 is 13.2 Å². The molecule has 2 atom stereocenters. The SMILES string of the molecule is NC1CC1c1c(Cl)cccc1C(F)(F)F. The first-order valence-electron chi connectivity index (χ1n) is 4.52. The molecule has 15 heavy (non-hydrogen) atoms. The van der Waals surface area contributed by atoms with Crippen molar-refractivity contribution in [1.82, 2.24) is 0 Å². The number of rotatable bonds is 1. The topological polar surface area (TPSA) is 26.0 Å². The molecule has 1 saturated carbocycles. The molecule has 1 nitrogen and oxygen atoms in total. The fraction of sp³-hybridized carbons (Fsp3) is 0.400. The van der Waals surface area contributed by atoms with E-state index in [0.29, 0.717) is 6.42 Å². The monoisotopic (exact) mass is 235 g/mol. The summed E-state index contributed by atoms with van der Waals surface area (Å²) < 4.78 is 37.9. The summed E-state index contributed by atoms with van der Waals surface area (Å²) in [6.07, 6.45) is -3.78. The van der Waals surface area contributed by atoms with Crippen LogP contribution >= 0.6 is 11.6 Å². The van der Waals surface area contributed by atoms with E-state index >= 15 is 0 Å². The third-order valence-corrected chi connectivity index (χ3v) is 2.90. The van der Waals surface area contributed by atoms with Crippen LogP contribution in [0.5, 0.6) is 0 Å². The van der Waals surface area contributed by atoms with Crippen molar-refractivity contribution in [1.29, 1.82) is 0 Å². The molecule has 0 radical (unpaired) electrons. The Balaban J connectivity index is 2.50. The van der Waals surface area contributed by atoms with Crippen molar-refractivity contribution in [3.8, 4) is 0 Å². The van der Waals surface area contributed by atoms with Gasteiger partial charge in [-0.25, -0.2) is 0 Å². The molecule has 1 aromatic rings. The van der Waals surface area contributed by atoms with Gasteiger partial charge < -0.3 is 5.73 Å². The van der Waals surface area contributed by atoms with Crippen LogP contribution in [0, 0.1) is 0 Å². The molecule has 5 heteroatoms. The molecule has 2 rings (SSSR count). The molecule has 0 aromatic heterocycles. The molecule has 0 bridgehead atoms. The van der Waals surface area contributed by atoms with Crippen molar-refractivity contribution in [3.63, 3.8) is 0 Å². The maximum absolute atomic E-state index is 12.6. The predicted molar refractivity (Wildman–Crippen MR) is 51.8 cm³/mol. The van der Waals surface area contributed by atoms with E-state index < -0.39 is 11.7 Å². The van der Waals surface area contributed by atoms with Crippen LogP contribution in [0.2, 0.25) is 5.02 Å². The Morgan fingerprint density at radius 2 is 1.93 bits per heavy atom. The first-order valence-corrected chi connectivity index (χ1v) is 4.90. The minimum atomic E-state index is -4.36. The molecule has 1 aliphatic rings. The summed E-state index contributed by atoms with van der Waals surface area (Å²) in [6, 6.07) is 3.64. The van der Waals surface area contributed by atoms with Crippen molar-refractivity contribution in [2.75, 3.05) is 0 Å². The molecular weight excluding hydrogens is 227 g/mol. The third-order valence-electron chi connectivity index (χ3n) is 2.57. The van der Waals surface area contributed by atoms with E-state index in [0.717, 1.165) is 6.07 Å². The van der Waals surface area contributed by atoms with Crippen molar-refractivity contribution in [3.05, 3.63) is 34.3 Å². The Morgan fingerprint density at radius 1 is 1.33 bits per heavy atom. The lowest BCUT2D eigenvalue weighted by molar-refractivity contribution is -0.138. The van der Waals surface area contributed by atoms with Gasteiger partial charge in [0.05, 0.1) is 5.56 Å². The predicted octanol–water partition coefficient (Wildman–Crippen LogP) is 3.17. The minimum absolute atomic E-state index is 0.152. The second-order valence-corrected chi connectivity index (χ2v) is 4.11. The quantitative estimate of drug-likeness (QED) is 0.795. The van der Waals surface area contributed by atoms with Gasteiger partial charge in [-0.2, -0.15) is 13.2 Å². The minimum Gasteiger partial charge on any atom is -0.327 e. The highest BCUT2D eigenvalue weighted by Crippen LogP contribution is 2.47. The van der Waals surface area contributed by atoms with E-state index in [2.05, 4.69) is 0 Å². The third kappa shape index (κ3) is 1.96. The van der Waals surface area contributed by atoms with Gasteiger partial charge in [-0.15, -0.1) is 0 Å². The summed E-state index contributed by atoms with van der Waals surface area (Å²) in [5, 5.41) is 0.155. The summed E-state index contributed by atoms with van der Waals surface area (Å²) in [4.78, 5) is 0. The molecule has 1 aromatic carbocycles. The van der Waals surface area contributed by atoms with E-state index in [4.69, 9.17) is 17.3 Å². The van der Waals surface area contributed by atoms with Crippen molar-refractivity contribution in [2.45, 2.75) is 24.6 Å². The molecular formula is C10H9ClF3N. The zero-order valence-electron chi connectivity index (χ0n) is 7.68. The van der Waals surface area contributed by atoms with E-state index in [-0.39, 0.29) is 22.5 Å². The number of benzene rings is 1. The smallest absolute Gasteiger partial charge is 0.327 e. The van der Waals surface area contributed by atoms with Crippen LogP contribution in [-0.2, 0) is 6.18 Å². The van der Waals surface area contributed by atoms with E-state index in [9.17, 15) is 13.2 Å². The van der Waals surface area contributed by atoms with Crippen LogP contribution in [0.4, 0.5) is 13.2 Å². The lowest BCUT2D eigenvalue weighted by atomic mass is 10.0. The van der Waals surface area contributed by atoms with Crippen LogP contribution < -0.4 is 5.73 Å². The normalized spacial score (nSPS) is 25.4. The molecule has 1 aliphatic carbocycles. The molecule has 0 heterocycles. The number of nitrogens with two attached hydrogens (primary N) is 1. The van der Waals surface area contributed by atoms with Gasteiger partial charge in [-0.05, 0) is 24.1 Å². The molecule has 1 fully saturated rings. The van der Waals surface area contributed by atoms with Crippen molar-refractivity contribution in [2.24, 2.45) is 5.73 Å². The highest BCUT2D eigenvalue weighted by molar-refractivity contribution is 6.31. The van der Waals surface area contributed by atoms with Gasteiger partial charge in [-0.1, -0.05) is 17.7 Å². The van der Waals surface area contributed by atoms with Crippen LogP contribution in [-0.4, -0.2) is 6.04 Å². The lowest BCUT2D eigenvalue weighted by Gasteiger charge is -2.13. The average Bonchev–Trinajstić information content (AvgIpc) is 2.80. The van der Waals surface area contributed by atoms with E-state index in [1.165, 1.54) is 12.1 Å². The first kappa shape index (κ1) is 10.8. The molecule has 82 valence electrons. The fourth-order valence-corrected chi connectivity index (χ4v) is 2.02. The highest BCUT2D eigenvalue weighted by Gasteiger charge is 2.43. The van der Waals surface area contributed by atoms with Crippen molar-refractivity contribution >= 4 is 11.6 Å². The fourth-order valence-electron chi connectivity index (χ4n) is 1.71. The standard InChI is InChI=1S/C10H9ClF3N/c11-7-3-1-2-6(10(12,13)14)9(7)5-4-8(5)15/h1-3,5,8H,4,15H2.